The summed E-state index contributed by atoms with van der Waals surface area (Å²) >= 11 is 5.68. The van der Waals surface area contributed by atoms with E-state index in [1.165, 1.54) is 6.07 Å². The largest absolute Gasteiger partial charge is 0.390 e. The van der Waals surface area contributed by atoms with Gasteiger partial charge in [-0.25, -0.2) is 4.39 Å². The Morgan fingerprint density at radius 1 is 1.59 bits per heavy atom. The highest BCUT2D eigenvalue weighted by molar-refractivity contribution is 6.30. The predicted octanol–water partition coefficient (Wildman–Crippen LogP) is 2.81. The second-order valence-electron chi connectivity index (χ2n) is 4.61. The van der Waals surface area contributed by atoms with Crippen molar-refractivity contribution in [3.8, 4) is 0 Å². The SMILES string of the molecule is CC1CCOC1C(O)Cc1ccc(Cl)cc1F. The highest BCUT2D eigenvalue weighted by Gasteiger charge is 2.31. The van der Waals surface area contributed by atoms with Crippen molar-refractivity contribution in [1.29, 1.82) is 0 Å². The van der Waals surface area contributed by atoms with Crippen molar-refractivity contribution in [3.63, 3.8) is 0 Å². The molecule has 3 atom stereocenters. The van der Waals surface area contributed by atoms with Gasteiger partial charge in [-0.3, -0.25) is 0 Å². The van der Waals surface area contributed by atoms with E-state index in [9.17, 15) is 9.50 Å². The molecular weight excluding hydrogens is 243 g/mol. The first kappa shape index (κ1) is 12.8. The normalized spacial score (nSPS) is 26.1. The number of aliphatic hydroxyl groups is 1. The summed E-state index contributed by atoms with van der Waals surface area (Å²) in [5, 5.41) is 10.4. The maximum absolute atomic E-state index is 13.6. The molecule has 1 aromatic rings. The Morgan fingerprint density at radius 3 is 2.94 bits per heavy atom. The van der Waals surface area contributed by atoms with Gasteiger partial charge in [0.05, 0.1) is 12.2 Å². The molecule has 1 aliphatic rings. The summed E-state index contributed by atoms with van der Waals surface area (Å²) in [6, 6.07) is 4.51. The van der Waals surface area contributed by atoms with E-state index in [1.807, 2.05) is 6.92 Å². The first-order valence-corrected chi connectivity index (χ1v) is 6.19. The number of hydrogen-bond donors (Lipinski definition) is 1. The molecule has 1 aromatic carbocycles. The second kappa shape index (κ2) is 5.34. The Morgan fingerprint density at radius 2 is 2.35 bits per heavy atom. The Kier molecular flexibility index (Phi) is 4.02. The van der Waals surface area contributed by atoms with Crippen LogP contribution in [-0.2, 0) is 11.2 Å². The summed E-state index contributed by atoms with van der Waals surface area (Å²) in [6.07, 6.45) is 0.358. The van der Waals surface area contributed by atoms with Gasteiger partial charge in [0.15, 0.2) is 0 Å². The van der Waals surface area contributed by atoms with E-state index in [0.717, 1.165) is 6.42 Å². The summed E-state index contributed by atoms with van der Waals surface area (Å²) in [4.78, 5) is 0. The molecule has 0 spiro atoms. The van der Waals surface area contributed by atoms with Crippen molar-refractivity contribution in [3.05, 3.63) is 34.6 Å². The smallest absolute Gasteiger partial charge is 0.127 e. The van der Waals surface area contributed by atoms with Gasteiger partial charge in [-0.15, -0.1) is 0 Å². The molecule has 94 valence electrons. The van der Waals surface area contributed by atoms with Crippen molar-refractivity contribution in [1.82, 2.24) is 0 Å². The standard InChI is InChI=1S/C13H16ClFO2/c1-8-4-5-17-13(8)12(16)6-9-2-3-10(14)7-11(9)15/h2-3,7-8,12-13,16H,4-6H2,1H3. The quantitative estimate of drug-likeness (QED) is 0.903. The Balaban J connectivity index is 2.04. The Labute approximate surface area is 105 Å². The summed E-state index contributed by atoms with van der Waals surface area (Å²) in [5.74, 6) is -0.0532. The molecule has 1 aliphatic heterocycles. The Bertz CT molecular complexity index is 397. The van der Waals surface area contributed by atoms with E-state index in [-0.39, 0.29) is 18.3 Å². The first-order chi connectivity index (χ1) is 8.08. The fourth-order valence-corrected chi connectivity index (χ4v) is 2.40. The zero-order valence-electron chi connectivity index (χ0n) is 9.70. The third kappa shape index (κ3) is 2.97. The highest BCUT2D eigenvalue weighted by atomic mass is 35.5. The molecule has 2 nitrogen and oxygen atoms in total. The predicted molar refractivity (Wildman–Crippen MR) is 64.6 cm³/mol. The third-order valence-electron chi connectivity index (χ3n) is 3.27. The van der Waals surface area contributed by atoms with Crippen molar-refractivity contribution in [2.45, 2.75) is 32.0 Å². The van der Waals surface area contributed by atoms with Crippen LogP contribution in [0.2, 0.25) is 5.02 Å². The van der Waals surface area contributed by atoms with E-state index in [4.69, 9.17) is 16.3 Å². The van der Waals surface area contributed by atoms with Crippen LogP contribution in [0.25, 0.3) is 0 Å². The van der Waals surface area contributed by atoms with Crippen LogP contribution in [-0.4, -0.2) is 23.9 Å². The number of aliphatic hydroxyl groups excluding tert-OH is 1. The fraction of sp³-hybridized carbons (Fsp3) is 0.538. The molecule has 1 fully saturated rings. The minimum absolute atomic E-state index is 0.190. The molecule has 2 rings (SSSR count). The molecule has 1 saturated heterocycles. The molecule has 1 N–H and O–H groups in total. The molecule has 0 amide bonds. The van der Waals surface area contributed by atoms with Gasteiger partial charge in [-0.2, -0.15) is 0 Å². The summed E-state index contributed by atoms with van der Waals surface area (Å²) < 4.78 is 19.0. The van der Waals surface area contributed by atoms with E-state index in [2.05, 4.69) is 0 Å². The molecule has 17 heavy (non-hydrogen) atoms. The first-order valence-electron chi connectivity index (χ1n) is 5.81. The van der Waals surface area contributed by atoms with Crippen LogP contribution in [0.1, 0.15) is 18.9 Å². The number of rotatable bonds is 3. The minimum Gasteiger partial charge on any atom is -0.390 e. The molecule has 1 heterocycles. The van der Waals surface area contributed by atoms with Crippen LogP contribution >= 0.6 is 11.6 Å². The molecule has 0 aromatic heterocycles. The van der Waals surface area contributed by atoms with Gasteiger partial charge in [-0.05, 0) is 30.0 Å². The van der Waals surface area contributed by atoms with Crippen LogP contribution in [0, 0.1) is 11.7 Å². The fourth-order valence-electron chi connectivity index (χ4n) is 2.24. The van der Waals surface area contributed by atoms with Crippen molar-refractivity contribution in [2.24, 2.45) is 5.92 Å². The lowest BCUT2D eigenvalue weighted by Gasteiger charge is -2.21. The monoisotopic (exact) mass is 258 g/mol. The zero-order valence-corrected chi connectivity index (χ0v) is 10.5. The van der Waals surface area contributed by atoms with Crippen LogP contribution < -0.4 is 0 Å². The molecule has 3 unspecified atom stereocenters. The van der Waals surface area contributed by atoms with E-state index < -0.39 is 6.10 Å². The van der Waals surface area contributed by atoms with Gasteiger partial charge < -0.3 is 9.84 Å². The number of halogens is 2. The lowest BCUT2D eigenvalue weighted by atomic mass is 9.95. The van der Waals surface area contributed by atoms with Gasteiger partial charge in [0, 0.05) is 18.1 Å². The van der Waals surface area contributed by atoms with Gasteiger partial charge in [0.25, 0.3) is 0 Å². The number of ether oxygens (including phenoxy) is 1. The van der Waals surface area contributed by atoms with Gasteiger partial charge >= 0.3 is 0 Å². The average Bonchev–Trinajstić information content (AvgIpc) is 2.68. The molecule has 0 radical (unpaired) electrons. The molecule has 0 aliphatic carbocycles. The second-order valence-corrected chi connectivity index (χ2v) is 5.05. The maximum Gasteiger partial charge on any atom is 0.127 e. The average molecular weight is 259 g/mol. The number of benzene rings is 1. The molecule has 0 bridgehead atoms. The van der Waals surface area contributed by atoms with E-state index >= 15 is 0 Å². The molecule has 4 heteroatoms. The van der Waals surface area contributed by atoms with Crippen molar-refractivity contribution >= 4 is 11.6 Å². The molecular formula is C13H16ClFO2. The van der Waals surface area contributed by atoms with Gasteiger partial charge in [0.2, 0.25) is 0 Å². The van der Waals surface area contributed by atoms with Gasteiger partial charge in [-0.1, -0.05) is 24.6 Å². The lowest BCUT2D eigenvalue weighted by molar-refractivity contribution is -0.0160. The lowest BCUT2D eigenvalue weighted by Crippen LogP contribution is -2.32. The van der Waals surface area contributed by atoms with E-state index in [0.29, 0.717) is 23.1 Å². The molecule has 0 saturated carbocycles. The topological polar surface area (TPSA) is 29.5 Å². The summed E-state index contributed by atoms with van der Waals surface area (Å²) in [7, 11) is 0. The number of hydrogen-bond acceptors (Lipinski definition) is 2. The van der Waals surface area contributed by atoms with Crippen LogP contribution in [0.15, 0.2) is 18.2 Å². The van der Waals surface area contributed by atoms with Crippen LogP contribution in [0.4, 0.5) is 4.39 Å². The van der Waals surface area contributed by atoms with Gasteiger partial charge in [0.1, 0.15) is 5.82 Å². The van der Waals surface area contributed by atoms with Crippen LogP contribution in [0.5, 0.6) is 0 Å². The zero-order chi connectivity index (χ0) is 12.4. The summed E-state index contributed by atoms with van der Waals surface area (Å²) in [5.41, 5.74) is 0.476. The Hall–Kier alpha value is -0.640. The summed E-state index contributed by atoms with van der Waals surface area (Å²) in [6.45, 7) is 2.71. The maximum atomic E-state index is 13.6. The third-order valence-corrected chi connectivity index (χ3v) is 3.50. The highest BCUT2D eigenvalue weighted by Crippen LogP contribution is 2.25. The minimum atomic E-state index is -0.664. The van der Waals surface area contributed by atoms with Crippen molar-refractivity contribution < 1.29 is 14.2 Å². The van der Waals surface area contributed by atoms with Crippen molar-refractivity contribution in [2.75, 3.05) is 6.61 Å². The van der Waals surface area contributed by atoms with Crippen LogP contribution in [0.3, 0.4) is 0 Å². The van der Waals surface area contributed by atoms with E-state index in [1.54, 1.807) is 12.1 Å².